The maximum absolute atomic E-state index is 10.8. The molecule has 0 saturated heterocycles. The van der Waals surface area contributed by atoms with Gasteiger partial charge in [-0.2, -0.15) is 0 Å². The number of carbonyl (C=O) groups excluding carboxylic acids is 1. The Labute approximate surface area is 72.6 Å². The largest absolute Gasteiger partial charge is 0.356 e. The summed E-state index contributed by atoms with van der Waals surface area (Å²) in [6.45, 7) is 5.44. The minimum Gasteiger partial charge on any atom is -0.356 e. The third-order valence-electron chi connectivity index (χ3n) is 1.24. The highest BCUT2D eigenvalue weighted by molar-refractivity contribution is 7.94. The fourth-order valence-electron chi connectivity index (χ4n) is 0.604. The Bertz CT molecular complexity index is 256. The van der Waals surface area contributed by atoms with Crippen LogP contribution in [0.3, 0.4) is 0 Å². The van der Waals surface area contributed by atoms with Gasteiger partial charge in [-0.05, 0) is 6.92 Å². The molecule has 0 heterocycles. The molecule has 1 N–H and O–H groups in total. The first-order chi connectivity index (χ1) is 5.52. The molecule has 0 rings (SSSR count). The molecule has 0 aromatic heterocycles. The maximum Gasteiger partial charge on any atom is 0.221 e. The van der Waals surface area contributed by atoms with Crippen molar-refractivity contribution in [1.29, 1.82) is 0 Å². The van der Waals surface area contributed by atoms with E-state index in [1.54, 1.807) is 6.92 Å². The molecule has 0 unspecified atom stereocenters. The summed E-state index contributed by atoms with van der Waals surface area (Å²) in [6, 6.07) is 0. The zero-order valence-electron chi connectivity index (χ0n) is 7.04. The topological polar surface area (TPSA) is 63.2 Å². The van der Waals surface area contributed by atoms with Gasteiger partial charge in [-0.25, -0.2) is 8.42 Å². The van der Waals surface area contributed by atoms with Crippen LogP contribution in [-0.4, -0.2) is 26.6 Å². The first kappa shape index (κ1) is 11.2. The van der Waals surface area contributed by atoms with Crippen LogP contribution in [0.2, 0.25) is 0 Å². The Morgan fingerprint density at radius 3 is 2.58 bits per heavy atom. The van der Waals surface area contributed by atoms with Crippen LogP contribution < -0.4 is 5.32 Å². The Hall–Kier alpha value is -0.840. The van der Waals surface area contributed by atoms with Crippen LogP contribution in [0.5, 0.6) is 0 Å². The van der Waals surface area contributed by atoms with E-state index in [-0.39, 0.29) is 18.1 Å². The van der Waals surface area contributed by atoms with Gasteiger partial charge in [-0.3, -0.25) is 4.79 Å². The number of sulfone groups is 1. The lowest BCUT2D eigenvalue weighted by molar-refractivity contribution is -0.120. The average molecular weight is 191 g/mol. The molecule has 0 bridgehead atoms. The summed E-state index contributed by atoms with van der Waals surface area (Å²) < 4.78 is 21.6. The molecular weight excluding hydrogens is 178 g/mol. The average Bonchev–Trinajstić information content (AvgIpc) is 2.02. The van der Waals surface area contributed by atoms with E-state index in [0.717, 1.165) is 5.41 Å². The molecule has 12 heavy (non-hydrogen) atoms. The lowest BCUT2D eigenvalue weighted by atomic mass is 10.4. The van der Waals surface area contributed by atoms with Gasteiger partial charge in [-0.1, -0.05) is 6.58 Å². The van der Waals surface area contributed by atoms with Crippen molar-refractivity contribution in [2.24, 2.45) is 0 Å². The van der Waals surface area contributed by atoms with Crippen molar-refractivity contribution in [2.45, 2.75) is 13.3 Å². The van der Waals surface area contributed by atoms with Crippen molar-refractivity contribution < 1.29 is 13.2 Å². The quantitative estimate of drug-likeness (QED) is 0.669. The molecule has 0 saturated carbocycles. The van der Waals surface area contributed by atoms with Gasteiger partial charge in [0.2, 0.25) is 5.91 Å². The zero-order valence-corrected chi connectivity index (χ0v) is 7.86. The van der Waals surface area contributed by atoms with Crippen LogP contribution in [0.1, 0.15) is 13.3 Å². The van der Waals surface area contributed by atoms with Gasteiger partial charge >= 0.3 is 0 Å². The summed E-state index contributed by atoms with van der Waals surface area (Å²) in [5.74, 6) is -0.412. The summed E-state index contributed by atoms with van der Waals surface area (Å²) in [5.41, 5.74) is 0. The normalized spacial score (nSPS) is 10.8. The number of carbonyl (C=O) groups is 1. The van der Waals surface area contributed by atoms with Crippen molar-refractivity contribution in [3.05, 3.63) is 12.0 Å². The standard InChI is InChI=1S/C7H13NO3S/c1-3-8-7(9)5-6-12(10,11)4-2/h4H,2-3,5-6H2,1H3,(H,8,9). The lowest BCUT2D eigenvalue weighted by Gasteiger charge is -1.99. The molecule has 70 valence electrons. The van der Waals surface area contributed by atoms with Crippen molar-refractivity contribution in [2.75, 3.05) is 12.3 Å². The Kier molecular flexibility index (Phi) is 4.58. The second-order valence-corrected chi connectivity index (χ2v) is 4.30. The van der Waals surface area contributed by atoms with E-state index in [1.807, 2.05) is 0 Å². The highest BCUT2D eigenvalue weighted by Gasteiger charge is 2.07. The first-order valence-corrected chi connectivity index (χ1v) is 5.35. The number of hydrogen-bond donors (Lipinski definition) is 1. The molecule has 5 heteroatoms. The molecule has 0 fully saturated rings. The molecule has 0 aromatic carbocycles. The molecule has 0 radical (unpaired) electrons. The van der Waals surface area contributed by atoms with E-state index in [4.69, 9.17) is 0 Å². The van der Waals surface area contributed by atoms with Gasteiger partial charge in [0, 0.05) is 18.4 Å². The Balaban J connectivity index is 3.84. The number of amides is 1. The van der Waals surface area contributed by atoms with Gasteiger partial charge in [0.05, 0.1) is 5.75 Å². The molecular formula is C7H13NO3S. The molecule has 0 aliphatic heterocycles. The molecule has 0 aliphatic rings. The van der Waals surface area contributed by atoms with Crippen LogP contribution in [0.4, 0.5) is 0 Å². The molecule has 0 spiro atoms. The van der Waals surface area contributed by atoms with Crippen LogP contribution in [0.25, 0.3) is 0 Å². The van der Waals surface area contributed by atoms with Crippen molar-refractivity contribution in [3.63, 3.8) is 0 Å². The minimum absolute atomic E-state index is 0.00218. The Morgan fingerprint density at radius 1 is 1.58 bits per heavy atom. The van der Waals surface area contributed by atoms with Crippen LogP contribution >= 0.6 is 0 Å². The van der Waals surface area contributed by atoms with Crippen LogP contribution in [0.15, 0.2) is 12.0 Å². The van der Waals surface area contributed by atoms with E-state index in [2.05, 4.69) is 11.9 Å². The molecule has 4 nitrogen and oxygen atoms in total. The molecule has 0 aromatic rings. The van der Waals surface area contributed by atoms with Crippen LogP contribution in [0, 0.1) is 0 Å². The fraction of sp³-hybridized carbons (Fsp3) is 0.571. The minimum atomic E-state index is -3.23. The van der Waals surface area contributed by atoms with Gasteiger partial charge < -0.3 is 5.32 Å². The predicted octanol–water partition coefficient (Wildman–Crippen LogP) is 0.0709. The molecule has 1 amide bonds. The highest BCUT2D eigenvalue weighted by atomic mass is 32.2. The van der Waals surface area contributed by atoms with E-state index < -0.39 is 9.84 Å². The van der Waals surface area contributed by atoms with E-state index >= 15 is 0 Å². The fourth-order valence-corrected chi connectivity index (χ4v) is 1.24. The highest BCUT2D eigenvalue weighted by Crippen LogP contribution is 1.93. The third kappa shape index (κ3) is 4.90. The maximum atomic E-state index is 10.8. The van der Waals surface area contributed by atoms with Gasteiger partial charge in [0.15, 0.2) is 9.84 Å². The third-order valence-corrected chi connectivity index (χ3v) is 2.52. The summed E-state index contributed by atoms with van der Waals surface area (Å²) >= 11 is 0. The summed E-state index contributed by atoms with van der Waals surface area (Å²) in [5, 5.41) is 3.37. The summed E-state index contributed by atoms with van der Waals surface area (Å²) in [4.78, 5) is 10.8. The van der Waals surface area contributed by atoms with Gasteiger partial charge in [0.1, 0.15) is 0 Å². The van der Waals surface area contributed by atoms with E-state index in [1.165, 1.54) is 0 Å². The summed E-state index contributed by atoms with van der Waals surface area (Å²) in [6.07, 6.45) is 0.00218. The number of nitrogens with one attached hydrogen (secondary N) is 1. The SMILES string of the molecule is C=CS(=O)(=O)CCC(=O)NCC. The number of rotatable bonds is 5. The van der Waals surface area contributed by atoms with Crippen molar-refractivity contribution >= 4 is 15.7 Å². The van der Waals surface area contributed by atoms with Crippen molar-refractivity contribution in [1.82, 2.24) is 5.32 Å². The van der Waals surface area contributed by atoms with Crippen LogP contribution in [-0.2, 0) is 14.6 Å². The van der Waals surface area contributed by atoms with Gasteiger partial charge in [-0.15, -0.1) is 0 Å². The second kappa shape index (κ2) is 4.92. The summed E-state index contributed by atoms with van der Waals surface area (Å²) in [7, 11) is -3.23. The molecule has 0 aliphatic carbocycles. The lowest BCUT2D eigenvalue weighted by Crippen LogP contribution is -2.24. The van der Waals surface area contributed by atoms with Gasteiger partial charge in [0.25, 0.3) is 0 Å². The van der Waals surface area contributed by atoms with E-state index in [0.29, 0.717) is 6.54 Å². The monoisotopic (exact) mass is 191 g/mol. The molecule has 0 atom stereocenters. The van der Waals surface area contributed by atoms with E-state index in [9.17, 15) is 13.2 Å². The second-order valence-electron chi connectivity index (χ2n) is 2.24. The smallest absolute Gasteiger partial charge is 0.221 e. The Morgan fingerprint density at radius 2 is 2.17 bits per heavy atom. The number of hydrogen-bond acceptors (Lipinski definition) is 3. The zero-order chi connectivity index (χ0) is 9.61. The predicted molar refractivity (Wildman–Crippen MR) is 47.3 cm³/mol. The first-order valence-electron chi connectivity index (χ1n) is 3.63. The van der Waals surface area contributed by atoms with Crippen molar-refractivity contribution in [3.8, 4) is 0 Å².